The zero-order chi connectivity index (χ0) is 16.3. The molecule has 0 aliphatic carbocycles. The van der Waals surface area contributed by atoms with Gasteiger partial charge in [-0.25, -0.2) is 9.97 Å². The van der Waals surface area contributed by atoms with Gasteiger partial charge in [-0.05, 0) is 31.5 Å². The standard InChI is InChI=1S/C15H14F3N3O/c1-9-10(2)20-8-21-13(9)14(22)19-7-11-4-3-5-12(6-11)15(16,17)18/h3-6,8H,7H2,1-2H3,(H,19,22). The number of hydrogen-bond donors (Lipinski definition) is 1. The molecule has 116 valence electrons. The maximum Gasteiger partial charge on any atom is 0.416 e. The summed E-state index contributed by atoms with van der Waals surface area (Å²) in [6, 6.07) is 4.83. The van der Waals surface area contributed by atoms with E-state index in [1.54, 1.807) is 13.8 Å². The molecule has 1 amide bonds. The third-order valence-corrected chi connectivity index (χ3v) is 3.26. The number of carbonyl (C=O) groups excluding carboxylic acids is 1. The number of benzene rings is 1. The first-order chi connectivity index (χ1) is 10.3. The van der Waals surface area contributed by atoms with E-state index in [0.717, 1.165) is 12.1 Å². The van der Waals surface area contributed by atoms with Crippen LogP contribution in [0.4, 0.5) is 13.2 Å². The van der Waals surface area contributed by atoms with Crippen LogP contribution in [-0.2, 0) is 12.7 Å². The van der Waals surface area contributed by atoms with Gasteiger partial charge in [-0.2, -0.15) is 13.2 Å². The molecule has 1 N–H and O–H groups in total. The van der Waals surface area contributed by atoms with Gasteiger partial charge in [0.05, 0.1) is 5.56 Å². The first-order valence-electron chi connectivity index (χ1n) is 6.51. The Balaban J connectivity index is 2.10. The summed E-state index contributed by atoms with van der Waals surface area (Å²) in [6.45, 7) is 3.46. The summed E-state index contributed by atoms with van der Waals surface area (Å²) in [5.41, 5.74) is 1.17. The van der Waals surface area contributed by atoms with Crippen molar-refractivity contribution in [3.63, 3.8) is 0 Å². The Morgan fingerprint density at radius 2 is 1.95 bits per heavy atom. The summed E-state index contributed by atoms with van der Waals surface area (Å²) in [6.07, 6.45) is -3.12. The minimum atomic E-state index is -4.40. The predicted octanol–water partition coefficient (Wildman–Crippen LogP) is 3.04. The van der Waals surface area contributed by atoms with Crippen molar-refractivity contribution in [1.82, 2.24) is 15.3 Å². The predicted molar refractivity (Wildman–Crippen MR) is 74.1 cm³/mol. The highest BCUT2D eigenvalue weighted by Crippen LogP contribution is 2.29. The lowest BCUT2D eigenvalue weighted by Crippen LogP contribution is -2.25. The van der Waals surface area contributed by atoms with Gasteiger partial charge in [0.2, 0.25) is 0 Å². The topological polar surface area (TPSA) is 54.9 Å². The van der Waals surface area contributed by atoms with E-state index in [2.05, 4.69) is 15.3 Å². The summed E-state index contributed by atoms with van der Waals surface area (Å²) in [4.78, 5) is 19.9. The molecule has 22 heavy (non-hydrogen) atoms. The fourth-order valence-electron chi connectivity index (χ4n) is 1.89. The fourth-order valence-corrected chi connectivity index (χ4v) is 1.89. The van der Waals surface area contributed by atoms with Crippen LogP contribution in [0.25, 0.3) is 0 Å². The molecular weight excluding hydrogens is 295 g/mol. The number of carbonyl (C=O) groups is 1. The molecule has 0 unspecified atom stereocenters. The quantitative estimate of drug-likeness (QED) is 0.948. The first-order valence-corrected chi connectivity index (χ1v) is 6.51. The molecule has 0 aliphatic rings. The molecule has 1 aromatic heterocycles. The second-order valence-corrected chi connectivity index (χ2v) is 4.81. The van der Waals surface area contributed by atoms with Gasteiger partial charge in [-0.15, -0.1) is 0 Å². The zero-order valence-electron chi connectivity index (χ0n) is 12.0. The summed E-state index contributed by atoms with van der Waals surface area (Å²) < 4.78 is 37.9. The molecule has 0 saturated heterocycles. The smallest absolute Gasteiger partial charge is 0.347 e. The molecule has 1 heterocycles. The Hall–Kier alpha value is -2.44. The lowest BCUT2D eigenvalue weighted by molar-refractivity contribution is -0.137. The summed E-state index contributed by atoms with van der Waals surface area (Å²) >= 11 is 0. The number of amides is 1. The molecule has 2 aromatic rings. The number of alkyl halides is 3. The molecule has 0 radical (unpaired) electrons. The van der Waals surface area contributed by atoms with Crippen molar-refractivity contribution in [2.45, 2.75) is 26.6 Å². The second-order valence-electron chi connectivity index (χ2n) is 4.81. The average molecular weight is 309 g/mol. The lowest BCUT2D eigenvalue weighted by atomic mass is 10.1. The number of aromatic nitrogens is 2. The molecule has 2 rings (SSSR count). The Labute approximate surface area is 125 Å². The van der Waals surface area contributed by atoms with E-state index >= 15 is 0 Å². The Bertz CT molecular complexity index is 699. The van der Waals surface area contributed by atoms with E-state index in [-0.39, 0.29) is 12.2 Å². The van der Waals surface area contributed by atoms with Crippen molar-refractivity contribution in [1.29, 1.82) is 0 Å². The molecule has 0 fully saturated rings. The molecule has 0 aliphatic heterocycles. The third-order valence-electron chi connectivity index (χ3n) is 3.26. The normalized spacial score (nSPS) is 11.3. The van der Waals surface area contributed by atoms with Gasteiger partial charge in [0, 0.05) is 17.8 Å². The average Bonchev–Trinajstić information content (AvgIpc) is 2.47. The van der Waals surface area contributed by atoms with E-state index < -0.39 is 17.6 Å². The lowest BCUT2D eigenvalue weighted by Gasteiger charge is -2.10. The minimum absolute atomic E-state index is 0.00869. The zero-order valence-corrected chi connectivity index (χ0v) is 12.0. The summed E-state index contributed by atoms with van der Waals surface area (Å²) in [5, 5.41) is 2.57. The van der Waals surface area contributed by atoms with Crippen molar-refractivity contribution in [2.75, 3.05) is 0 Å². The van der Waals surface area contributed by atoms with Crippen LogP contribution in [0.1, 0.15) is 32.9 Å². The van der Waals surface area contributed by atoms with E-state index in [9.17, 15) is 18.0 Å². The first kappa shape index (κ1) is 15.9. The number of nitrogens with one attached hydrogen (secondary N) is 1. The molecule has 7 heteroatoms. The highest BCUT2D eigenvalue weighted by atomic mass is 19.4. The highest BCUT2D eigenvalue weighted by Gasteiger charge is 2.30. The molecule has 0 saturated carbocycles. The van der Waals surface area contributed by atoms with Gasteiger partial charge >= 0.3 is 6.18 Å². The Morgan fingerprint density at radius 1 is 1.23 bits per heavy atom. The highest BCUT2D eigenvalue weighted by molar-refractivity contribution is 5.93. The van der Waals surface area contributed by atoms with Crippen LogP contribution in [0.3, 0.4) is 0 Å². The van der Waals surface area contributed by atoms with E-state index in [1.165, 1.54) is 18.5 Å². The monoisotopic (exact) mass is 309 g/mol. The molecular formula is C15H14F3N3O. The number of hydrogen-bond acceptors (Lipinski definition) is 3. The van der Waals surface area contributed by atoms with Crippen LogP contribution in [0.2, 0.25) is 0 Å². The van der Waals surface area contributed by atoms with Crippen LogP contribution in [0.15, 0.2) is 30.6 Å². The van der Waals surface area contributed by atoms with Gasteiger partial charge in [0.25, 0.3) is 5.91 Å². The van der Waals surface area contributed by atoms with Crippen molar-refractivity contribution >= 4 is 5.91 Å². The van der Waals surface area contributed by atoms with Gasteiger partial charge in [-0.3, -0.25) is 4.79 Å². The third kappa shape index (κ3) is 3.60. The van der Waals surface area contributed by atoms with E-state index in [4.69, 9.17) is 0 Å². The van der Waals surface area contributed by atoms with Crippen molar-refractivity contribution in [2.24, 2.45) is 0 Å². The minimum Gasteiger partial charge on any atom is -0.347 e. The van der Waals surface area contributed by atoms with Crippen LogP contribution >= 0.6 is 0 Å². The van der Waals surface area contributed by atoms with E-state index in [0.29, 0.717) is 16.8 Å². The molecule has 0 bridgehead atoms. The maximum atomic E-state index is 12.6. The number of rotatable bonds is 3. The Kier molecular flexibility index (Phi) is 4.44. The number of aryl methyl sites for hydroxylation is 1. The van der Waals surface area contributed by atoms with Crippen LogP contribution in [0.5, 0.6) is 0 Å². The van der Waals surface area contributed by atoms with Crippen molar-refractivity contribution in [3.05, 3.63) is 58.7 Å². The Morgan fingerprint density at radius 3 is 2.64 bits per heavy atom. The van der Waals surface area contributed by atoms with Gasteiger partial charge in [0.1, 0.15) is 12.0 Å². The summed E-state index contributed by atoms with van der Waals surface area (Å²) in [5.74, 6) is -0.444. The van der Waals surface area contributed by atoms with Crippen molar-refractivity contribution < 1.29 is 18.0 Å². The summed E-state index contributed by atoms with van der Waals surface area (Å²) in [7, 11) is 0. The van der Waals surface area contributed by atoms with Gasteiger partial charge in [0.15, 0.2) is 0 Å². The largest absolute Gasteiger partial charge is 0.416 e. The van der Waals surface area contributed by atoms with Crippen molar-refractivity contribution in [3.8, 4) is 0 Å². The second kappa shape index (κ2) is 6.13. The molecule has 0 atom stereocenters. The molecule has 4 nitrogen and oxygen atoms in total. The van der Waals surface area contributed by atoms with Crippen LogP contribution < -0.4 is 5.32 Å². The molecule has 0 spiro atoms. The fraction of sp³-hybridized carbons (Fsp3) is 0.267. The van der Waals surface area contributed by atoms with Gasteiger partial charge < -0.3 is 5.32 Å². The van der Waals surface area contributed by atoms with Crippen LogP contribution in [-0.4, -0.2) is 15.9 Å². The maximum absolute atomic E-state index is 12.6. The SMILES string of the molecule is Cc1ncnc(C(=O)NCc2cccc(C(F)(F)F)c2)c1C. The van der Waals surface area contributed by atoms with Crippen LogP contribution in [0, 0.1) is 13.8 Å². The van der Waals surface area contributed by atoms with Gasteiger partial charge in [-0.1, -0.05) is 12.1 Å². The number of nitrogens with zero attached hydrogens (tertiary/aromatic N) is 2. The molecule has 1 aromatic carbocycles. The number of halogens is 3. The van der Waals surface area contributed by atoms with E-state index in [1.807, 2.05) is 0 Å².